The maximum atomic E-state index is 8.64. The molecule has 0 aromatic heterocycles. The number of nitrogens with zero attached hydrogens (tertiary/aromatic N) is 1. The van der Waals surface area contributed by atoms with Gasteiger partial charge in [-0.1, -0.05) is 24.6 Å². The molecule has 0 spiro atoms. The van der Waals surface area contributed by atoms with Gasteiger partial charge >= 0.3 is 0 Å². The number of aryl methyl sites for hydroxylation is 2. The van der Waals surface area contributed by atoms with Crippen LogP contribution in [0.1, 0.15) is 55.2 Å². The molecule has 1 nitrogen and oxygen atoms in total. The summed E-state index contributed by atoms with van der Waals surface area (Å²) in [6, 6.07) is 6.63. The minimum atomic E-state index is 0.384. The number of halogens is 1. The minimum absolute atomic E-state index is 0.384. The van der Waals surface area contributed by atoms with Gasteiger partial charge in [0.2, 0.25) is 0 Å². The highest BCUT2D eigenvalue weighted by Crippen LogP contribution is 2.33. The van der Waals surface area contributed by atoms with Gasteiger partial charge in [-0.2, -0.15) is 5.26 Å². The minimum Gasteiger partial charge on any atom is -0.198 e. The van der Waals surface area contributed by atoms with Gasteiger partial charge < -0.3 is 0 Å². The SMILES string of the molecule is CC(CCC#N)c1cc2c(cc1Cl)CCCC2. The summed E-state index contributed by atoms with van der Waals surface area (Å²) < 4.78 is 0. The standard InChI is InChI=1S/C15H18ClN/c1-11(5-4-8-17)14-9-12-6-2-3-7-13(12)10-15(14)16/h9-11H,2-7H2,1H3. The van der Waals surface area contributed by atoms with Crippen LogP contribution in [0.2, 0.25) is 5.02 Å². The summed E-state index contributed by atoms with van der Waals surface area (Å²) in [4.78, 5) is 0. The molecule has 0 saturated heterocycles. The fraction of sp³-hybridized carbons (Fsp3) is 0.533. The molecule has 0 bridgehead atoms. The summed E-state index contributed by atoms with van der Waals surface area (Å²) in [5.74, 6) is 0.384. The van der Waals surface area contributed by atoms with Gasteiger partial charge in [0.25, 0.3) is 0 Å². The molecule has 1 unspecified atom stereocenters. The smallest absolute Gasteiger partial charge is 0.0621 e. The van der Waals surface area contributed by atoms with Gasteiger partial charge in [0.05, 0.1) is 6.07 Å². The Morgan fingerprint density at radius 2 is 1.94 bits per heavy atom. The van der Waals surface area contributed by atoms with Crippen molar-refractivity contribution in [2.24, 2.45) is 0 Å². The Kier molecular flexibility index (Phi) is 4.07. The van der Waals surface area contributed by atoms with E-state index in [4.69, 9.17) is 16.9 Å². The molecule has 0 amide bonds. The molecule has 90 valence electrons. The molecular weight excluding hydrogens is 230 g/mol. The summed E-state index contributed by atoms with van der Waals surface area (Å²) in [5.41, 5.74) is 4.12. The van der Waals surface area contributed by atoms with Crippen LogP contribution >= 0.6 is 11.6 Å². The summed E-state index contributed by atoms with van der Waals surface area (Å²) >= 11 is 6.35. The van der Waals surface area contributed by atoms with E-state index in [1.54, 1.807) is 0 Å². The van der Waals surface area contributed by atoms with E-state index in [1.165, 1.54) is 42.4 Å². The Balaban J connectivity index is 2.25. The third-order valence-corrected chi connectivity index (χ3v) is 4.01. The van der Waals surface area contributed by atoms with Crippen LogP contribution in [-0.4, -0.2) is 0 Å². The largest absolute Gasteiger partial charge is 0.198 e. The number of fused-ring (bicyclic) bond motifs is 1. The van der Waals surface area contributed by atoms with Crippen LogP contribution in [0.25, 0.3) is 0 Å². The predicted octanol–water partition coefficient (Wildman–Crippen LogP) is 4.63. The van der Waals surface area contributed by atoms with Gasteiger partial charge in [-0.05, 0) is 60.8 Å². The second kappa shape index (κ2) is 5.56. The quantitative estimate of drug-likeness (QED) is 0.764. The molecule has 1 atom stereocenters. The zero-order valence-corrected chi connectivity index (χ0v) is 11.1. The van der Waals surface area contributed by atoms with Crippen LogP contribution < -0.4 is 0 Å². The highest BCUT2D eigenvalue weighted by atomic mass is 35.5. The fourth-order valence-corrected chi connectivity index (χ4v) is 2.96. The predicted molar refractivity (Wildman–Crippen MR) is 71.4 cm³/mol. The van der Waals surface area contributed by atoms with Crippen molar-refractivity contribution in [2.45, 2.75) is 51.4 Å². The van der Waals surface area contributed by atoms with Crippen molar-refractivity contribution in [2.75, 3.05) is 0 Å². The van der Waals surface area contributed by atoms with E-state index in [1.807, 2.05) is 0 Å². The molecule has 1 aliphatic rings. The topological polar surface area (TPSA) is 23.8 Å². The molecule has 0 saturated carbocycles. The number of hydrogen-bond acceptors (Lipinski definition) is 1. The first-order chi connectivity index (χ1) is 8.22. The number of nitriles is 1. The van der Waals surface area contributed by atoms with Crippen LogP contribution in [0.4, 0.5) is 0 Å². The Hall–Kier alpha value is -1.00. The number of benzene rings is 1. The molecule has 0 fully saturated rings. The van der Waals surface area contributed by atoms with Gasteiger partial charge in [0, 0.05) is 11.4 Å². The molecule has 2 rings (SSSR count). The van der Waals surface area contributed by atoms with Crippen molar-refractivity contribution in [3.05, 3.63) is 33.8 Å². The van der Waals surface area contributed by atoms with E-state index < -0.39 is 0 Å². The lowest BCUT2D eigenvalue weighted by atomic mass is 9.87. The Bertz CT molecular complexity index is 445. The maximum Gasteiger partial charge on any atom is 0.0621 e. The third-order valence-electron chi connectivity index (χ3n) is 3.68. The second-order valence-corrected chi connectivity index (χ2v) is 5.35. The molecular formula is C15H18ClN. The van der Waals surface area contributed by atoms with Crippen molar-refractivity contribution in [3.63, 3.8) is 0 Å². The number of hydrogen-bond donors (Lipinski definition) is 0. The summed E-state index contributed by atoms with van der Waals surface area (Å²) in [6.45, 7) is 2.16. The average Bonchev–Trinajstić information content (AvgIpc) is 2.35. The molecule has 0 aliphatic heterocycles. The Morgan fingerprint density at radius 1 is 1.29 bits per heavy atom. The van der Waals surface area contributed by atoms with Crippen LogP contribution in [0.15, 0.2) is 12.1 Å². The first-order valence-electron chi connectivity index (χ1n) is 6.40. The van der Waals surface area contributed by atoms with Crippen LogP contribution in [0.5, 0.6) is 0 Å². The average molecular weight is 248 g/mol. The normalized spacial score (nSPS) is 16.1. The van der Waals surface area contributed by atoms with Crippen molar-refractivity contribution < 1.29 is 0 Å². The fourth-order valence-electron chi connectivity index (χ4n) is 2.59. The van der Waals surface area contributed by atoms with Crippen molar-refractivity contribution in [1.29, 1.82) is 5.26 Å². The van der Waals surface area contributed by atoms with Gasteiger partial charge in [-0.3, -0.25) is 0 Å². The highest BCUT2D eigenvalue weighted by Gasteiger charge is 2.15. The zero-order valence-electron chi connectivity index (χ0n) is 10.3. The Morgan fingerprint density at radius 3 is 2.59 bits per heavy atom. The van der Waals surface area contributed by atoms with Gasteiger partial charge in [-0.15, -0.1) is 0 Å². The van der Waals surface area contributed by atoms with E-state index in [0.29, 0.717) is 12.3 Å². The summed E-state index contributed by atoms with van der Waals surface area (Å²) in [7, 11) is 0. The van der Waals surface area contributed by atoms with E-state index in [-0.39, 0.29) is 0 Å². The molecule has 0 N–H and O–H groups in total. The maximum absolute atomic E-state index is 8.64. The van der Waals surface area contributed by atoms with Crippen LogP contribution in [-0.2, 0) is 12.8 Å². The molecule has 1 aromatic carbocycles. The lowest BCUT2D eigenvalue weighted by molar-refractivity contribution is 0.669. The molecule has 0 radical (unpaired) electrons. The first-order valence-corrected chi connectivity index (χ1v) is 6.78. The monoisotopic (exact) mass is 247 g/mol. The molecule has 1 aliphatic carbocycles. The van der Waals surface area contributed by atoms with Gasteiger partial charge in [0.1, 0.15) is 0 Å². The van der Waals surface area contributed by atoms with Gasteiger partial charge in [0.15, 0.2) is 0 Å². The molecule has 17 heavy (non-hydrogen) atoms. The Labute approximate surface area is 108 Å². The lowest BCUT2D eigenvalue weighted by Gasteiger charge is -2.20. The summed E-state index contributed by atoms with van der Waals surface area (Å²) in [5, 5.41) is 9.53. The lowest BCUT2D eigenvalue weighted by Crippen LogP contribution is -2.05. The van der Waals surface area contributed by atoms with E-state index >= 15 is 0 Å². The molecule has 0 heterocycles. The summed E-state index contributed by atoms with van der Waals surface area (Å²) in [6.07, 6.45) is 6.43. The number of rotatable bonds is 3. The molecule has 2 heteroatoms. The van der Waals surface area contributed by atoms with E-state index in [0.717, 1.165) is 11.4 Å². The van der Waals surface area contributed by atoms with E-state index in [9.17, 15) is 0 Å². The molecule has 1 aromatic rings. The van der Waals surface area contributed by atoms with E-state index in [2.05, 4.69) is 25.1 Å². The highest BCUT2D eigenvalue weighted by molar-refractivity contribution is 6.31. The van der Waals surface area contributed by atoms with Crippen LogP contribution in [0, 0.1) is 11.3 Å². The third kappa shape index (κ3) is 2.82. The second-order valence-electron chi connectivity index (χ2n) is 4.95. The van der Waals surface area contributed by atoms with Crippen LogP contribution in [0.3, 0.4) is 0 Å². The van der Waals surface area contributed by atoms with Crippen molar-refractivity contribution in [3.8, 4) is 6.07 Å². The van der Waals surface area contributed by atoms with Crippen molar-refractivity contribution in [1.82, 2.24) is 0 Å². The zero-order chi connectivity index (χ0) is 12.3. The first kappa shape index (κ1) is 12.5. The van der Waals surface area contributed by atoms with Gasteiger partial charge in [-0.25, -0.2) is 0 Å². The van der Waals surface area contributed by atoms with Crippen molar-refractivity contribution >= 4 is 11.6 Å².